The molecule has 1 rings (SSSR count). The summed E-state index contributed by atoms with van der Waals surface area (Å²) in [6.45, 7) is 9.49. The first-order chi connectivity index (χ1) is 10.8. The van der Waals surface area contributed by atoms with E-state index < -0.39 is 11.9 Å². The van der Waals surface area contributed by atoms with E-state index in [-0.39, 0.29) is 0 Å². The normalized spacial score (nSPS) is 9.96. The predicted octanol–water partition coefficient (Wildman–Crippen LogP) is 1.20. The zero-order valence-corrected chi connectivity index (χ0v) is 13.8. The van der Waals surface area contributed by atoms with Crippen LogP contribution in [-0.2, 0) is 9.59 Å². The molecule has 0 aliphatic heterocycles. The number of nitrogens with one attached hydrogen (secondary N) is 1. The maximum atomic E-state index is 9.10. The molecule has 0 spiro atoms. The van der Waals surface area contributed by atoms with Gasteiger partial charge in [0.25, 0.3) is 0 Å². The second-order valence-corrected chi connectivity index (χ2v) is 5.18. The Bertz CT molecular complexity index is 491. The Labute approximate surface area is 136 Å². The Hall–Kier alpha value is -2.12. The lowest BCUT2D eigenvalue weighted by Crippen LogP contribution is -2.26. The molecule has 23 heavy (non-hydrogen) atoms. The first-order valence-electron chi connectivity index (χ1n) is 7.40. The van der Waals surface area contributed by atoms with Crippen LogP contribution in [0.2, 0.25) is 0 Å². The van der Waals surface area contributed by atoms with Gasteiger partial charge in [-0.05, 0) is 30.0 Å². The molecule has 0 amide bonds. The van der Waals surface area contributed by atoms with Gasteiger partial charge >= 0.3 is 11.9 Å². The summed E-state index contributed by atoms with van der Waals surface area (Å²) in [5.74, 6) is -2.12. The van der Waals surface area contributed by atoms with E-state index in [1.54, 1.807) is 0 Å². The molecule has 0 bridgehead atoms. The number of hydrogen-bond donors (Lipinski definition) is 4. The molecule has 1 aromatic rings. The van der Waals surface area contributed by atoms with Crippen molar-refractivity contribution in [2.24, 2.45) is 5.73 Å². The van der Waals surface area contributed by atoms with Crippen molar-refractivity contribution in [3.63, 3.8) is 0 Å². The van der Waals surface area contributed by atoms with Gasteiger partial charge in [0.1, 0.15) is 12.4 Å². The molecule has 7 nitrogen and oxygen atoms in total. The van der Waals surface area contributed by atoms with Gasteiger partial charge in [-0.25, -0.2) is 9.59 Å². The lowest BCUT2D eigenvalue weighted by molar-refractivity contribution is -0.159. The van der Waals surface area contributed by atoms with Crippen LogP contribution in [0.5, 0.6) is 5.75 Å². The molecule has 0 aromatic heterocycles. The Balaban J connectivity index is 0.000000688. The second-order valence-electron chi connectivity index (χ2n) is 5.18. The van der Waals surface area contributed by atoms with Crippen LogP contribution < -0.4 is 15.8 Å². The van der Waals surface area contributed by atoms with Crippen LogP contribution in [0.4, 0.5) is 0 Å². The van der Waals surface area contributed by atoms with E-state index in [4.69, 9.17) is 30.3 Å². The van der Waals surface area contributed by atoms with Crippen molar-refractivity contribution in [2.45, 2.75) is 26.7 Å². The summed E-state index contributed by atoms with van der Waals surface area (Å²) in [6, 6.07) is 6.43. The molecule has 0 fully saturated rings. The Kier molecular flexibility index (Phi) is 10.4. The Morgan fingerprint density at radius 3 is 2.30 bits per heavy atom. The molecule has 5 N–H and O–H groups in total. The minimum Gasteiger partial charge on any atom is -0.492 e. The van der Waals surface area contributed by atoms with Crippen molar-refractivity contribution in [1.82, 2.24) is 5.32 Å². The second kappa shape index (κ2) is 11.4. The summed E-state index contributed by atoms with van der Waals surface area (Å²) in [4.78, 5) is 18.2. The fraction of sp³-hybridized carbons (Fsp3) is 0.500. The smallest absolute Gasteiger partial charge is 0.414 e. The van der Waals surface area contributed by atoms with Gasteiger partial charge < -0.3 is 26.0 Å². The predicted molar refractivity (Wildman–Crippen MR) is 88.0 cm³/mol. The molecular weight excluding hydrogens is 300 g/mol. The van der Waals surface area contributed by atoms with Gasteiger partial charge in [-0.15, -0.1) is 0 Å². The SMILES string of the molecule is Cc1ccc(C(C)C)cc1OCCNCCN.O=C(O)C(=O)O. The van der Waals surface area contributed by atoms with Crippen LogP contribution in [0, 0.1) is 6.92 Å². The van der Waals surface area contributed by atoms with Gasteiger partial charge in [0.15, 0.2) is 0 Å². The number of carboxylic acids is 2. The summed E-state index contributed by atoms with van der Waals surface area (Å²) in [6.07, 6.45) is 0. The first-order valence-corrected chi connectivity index (χ1v) is 7.40. The summed E-state index contributed by atoms with van der Waals surface area (Å²) < 4.78 is 5.77. The van der Waals surface area contributed by atoms with E-state index in [1.165, 1.54) is 11.1 Å². The van der Waals surface area contributed by atoms with Crippen LogP contribution in [0.1, 0.15) is 30.9 Å². The minimum atomic E-state index is -1.82. The molecule has 1 aromatic carbocycles. The number of carboxylic acid groups (broad SMARTS) is 2. The third-order valence-corrected chi connectivity index (χ3v) is 2.92. The lowest BCUT2D eigenvalue weighted by atomic mass is 10.0. The summed E-state index contributed by atoms with van der Waals surface area (Å²) in [7, 11) is 0. The number of ether oxygens (including phenoxy) is 1. The average Bonchev–Trinajstić information content (AvgIpc) is 2.49. The van der Waals surface area contributed by atoms with Crippen molar-refractivity contribution in [3.05, 3.63) is 29.3 Å². The molecule has 0 atom stereocenters. The van der Waals surface area contributed by atoms with Crippen LogP contribution in [0.15, 0.2) is 18.2 Å². The zero-order chi connectivity index (χ0) is 17.8. The molecule has 0 unspecified atom stereocenters. The summed E-state index contributed by atoms with van der Waals surface area (Å²) in [5, 5.41) is 18.0. The topological polar surface area (TPSA) is 122 Å². The van der Waals surface area contributed by atoms with Gasteiger partial charge in [0.2, 0.25) is 0 Å². The molecule has 0 aliphatic rings. The molecule has 0 heterocycles. The summed E-state index contributed by atoms with van der Waals surface area (Å²) >= 11 is 0. The molecule has 0 saturated carbocycles. The number of carbonyl (C=O) groups is 2. The zero-order valence-electron chi connectivity index (χ0n) is 13.8. The number of aliphatic carboxylic acids is 2. The van der Waals surface area contributed by atoms with Crippen molar-refractivity contribution < 1.29 is 24.5 Å². The molecule has 0 saturated heterocycles. The molecular formula is C16H26N2O5. The Morgan fingerprint density at radius 1 is 1.22 bits per heavy atom. The highest BCUT2D eigenvalue weighted by molar-refractivity contribution is 6.27. The highest BCUT2D eigenvalue weighted by Gasteiger charge is 2.05. The quantitative estimate of drug-likeness (QED) is 0.438. The van der Waals surface area contributed by atoms with Crippen LogP contribution in [-0.4, -0.2) is 48.4 Å². The van der Waals surface area contributed by atoms with Crippen molar-refractivity contribution in [1.29, 1.82) is 0 Å². The van der Waals surface area contributed by atoms with Crippen molar-refractivity contribution in [3.8, 4) is 5.75 Å². The van der Waals surface area contributed by atoms with E-state index in [0.29, 0.717) is 19.1 Å². The number of benzene rings is 1. The van der Waals surface area contributed by atoms with Crippen LogP contribution in [0.25, 0.3) is 0 Å². The third kappa shape index (κ3) is 9.49. The maximum Gasteiger partial charge on any atom is 0.414 e. The average molecular weight is 326 g/mol. The monoisotopic (exact) mass is 326 g/mol. The third-order valence-electron chi connectivity index (χ3n) is 2.92. The van der Waals surface area contributed by atoms with Gasteiger partial charge in [0, 0.05) is 19.6 Å². The number of nitrogens with two attached hydrogens (primary N) is 1. The maximum absolute atomic E-state index is 9.10. The standard InChI is InChI=1S/C14H24N2O.C2H2O4/c1-11(2)13-5-4-12(3)14(10-13)17-9-8-16-7-6-15;3-1(4)2(5)6/h4-5,10-11,16H,6-9,15H2,1-3H3;(H,3,4)(H,5,6). The fourth-order valence-corrected chi connectivity index (χ4v) is 1.59. The largest absolute Gasteiger partial charge is 0.492 e. The van der Waals surface area contributed by atoms with E-state index in [2.05, 4.69) is 44.3 Å². The first kappa shape index (κ1) is 20.9. The highest BCUT2D eigenvalue weighted by atomic mass is 16.5. The van der Waals surface area contributed by atoms with Crippen molar-refractivity contribution in [2.75, 3.05) is 26.2 Å². The van der Waals surface area contributed by atoms with E-state index in [9.17, 15) is 0 Å². The van der Waals surface area contributed by atoms with Crippen molar-refractivity contribution >= 4 is 11.9 Å². The van der Waals surface area contributed by atoms with Gasteiger partial charge in [-0.3, -0.25) is 0 Å². The molecule has 0 aliphatic carbocycles. The fourth-order valence-electron chi connectivity index (χ4n) is 1.59. The number of hydrogen-bond acceptors (Lipinski definition) is 5. The molecule has 130 valence electrons. The van der Waals surface area contributed by atoms with Crippen LogP contribution >= 0.6 is 0 Å². The Morgan fingerprint density at radius 2 is 1.83 bits per heavy atom. The lowest BCUT2D eigenvalue weighted by Gasteiger charge is -2.13. The van der Waals surface area contributed by atoms with E-state index in [0.717, 1.165) is 18.8 Å². The van der Waals surface area contributed by atoms with Gasteiger partial charge in [0.05, 0.1) is 0 Å². The van der Waals surface area contributed by atoms with Gasteiger partial charge in [-0.2, -0.15) is 0 Å². The summed E-state index contributed by atoms with van der Waals surface area (Å²) in [5.41, 5.74) is 7.90. The number of rotatable bonds is 7. The minimum absolute atomic E-state index is 0.535. The molecule has 7 heteroatoms. The van der Waals surface area contributed by atoms with E-state index >= 15 is 0 Å². The number of aryl methyl sites for hydroxylation is 1. The van der Waals surface area contributed by atoms with Crippen LogP contribution in [0.3, 0.4) is 0 Å². The van der Waals surface area contributed by atoms with E-state index in [1.807, 2.05) is 0 Å². The highest BCUT2D eigenvalue weighted by Crippen LogP contribution is 2.24. The molecule has 0 radical (unpaired) electrons. The van der Waals surface area contributed by atoms with Gasteiger partial charge in [-0.1, -0.05) is 26.0 Å².